The van der Waals surface area contributed by atoms with Crippen LogP contribution in [0.1, 0.15) is 41.0 Å². The number of hydrogen-bond acceptors (Lipinski definition) is 1. The summed E-state index contributed by atoms with van der Waals surface area (Å²) in [5, 5.41) is 2.95. The van der Waals surface area contributed by atoms with Gasteiger partial charge in [0.2, 0.25) is 0 Å². The number of carbonyl (C=O) groups excluding carboxylic acids is 1. The van der Waals surface area contributed by atoms with E-state index in [-0.39, 0.29) is 17.6 Å². The van der Waals surface area contributed by atoms with Crippen molar-refractivity contribution < 1.29 is 4.79 Å². The monoisotopic (exact) mass is 198 g/mol. The van der Waals surface area contributed by atoms with Gasteiger partial charge in [0.1, 0.15) is 0 Å². The van der Waals surface area contributed by atoms with Gasteiger partial charge in [0.05, 0.1) is 0 Å². The van der Waals surface area contributed by atoms with Crippen LogP contribution in [-0.4, -0.2) is 29.1 Å². The first-order chi connectivity index (χ1) is 6.33. The highest BCUT2D eigenvalue weighted by atomic mass is 16.2. The zero-order chi connectivity index (χ0) is 10.9. The maximum Gasteiger partial charge on any atom is 0.318 e. The summed E-state index contributed by atoms with van der Waals surface area (Å²) < 4.78 is 0. The Morgan fingerprint density at radius 3 is 2.43 bits per heavy atom. The highest BCUT2D eigenvalue weighted by molar-refractivity contribution is 5.75. The van der Waals surface area contributed by atoms with Gasteiger partial charge in [-0.2, -0.15) is 0 Å². The molecule has 1 aliphatic heterocycles. The van der Waals surface area contributed by atoms with Crippen LogP contribution in [0.2, 0.25) is 0 Å². The minimum absolute atomic E-state index is 0.0123. The van der Waals surface area contributed by atoms with Crippen molar-refractivity contribution in [1.82, 2.24) is 10.2 Å². The molecule has 0 spiro atoms. The molecule has 1 unspecified atom stereocenters. The zero-order valence-electron chi connectivity index (χ0n) is 9.92. The Bertz CT molecular complexity index is 223. The third-order valence-corrected chi connectivity index (χ3v) is 2.73. The summed E-state index contributed by atoms with van der Waals surface area (Å²) in [6.07, 6.45) is 1.10. The summed E-state index contributed by atoms with van der Waals surface area (Å²) in [5.41, 5.74) is 0.0123. The molecule has 1 fully saturated rings. The molecule has 3 nitrogen and oxygen atoms in total. The summed E-state index contributed by atoms with van der Waals surface area (Å²) in [7, 11) is 0. The van der Waals surface area contributed by atoms with Crippen molar-refractivity contribution in [2.24, 2.45) is 5.92 Å². The van der Waals surface area contributed by atoms with Crippen LogP contribution in [0.5, 0.6) is 0 Å². The molecule has 1 N–H and O–H groups in total. The Kier molecular flexibility index (Phi) is 3.07. The molecule has 82 valence electrons. The number of carbonyl (C=O) groups is 1. The normalized spacial score (nSPS) is 25.6. The molecule has 1 heterocycles. The quantitative estimate of drug-likeness (QED) is 0.688. The highest BCUT2D eigenvalue weighted by Gasteiger charge is 2.39. The zero-order valence-corrected chi connectivity index (χ0v) is 9.92. The van der Waals surface area contributed by atoms with Gasteiger partial charge in [0.15, 0.2) is 0 Å². The smallest absolute Gasteiger partial charge is 0.318 e. The number of nitrogens with zero attached hydrogens (tertiary/aromatic N) is 1. The average Bonchev–Trinajstić information content (AvgIpc) is 2.22. The highest BCUT2D eigenvalue weighted by Crippen LogP contribution is 2.32. The van der Waals surface area contributed by atoms with Crippen LogP contribution in [0.4, 0.5) is 4.79 Å². The fourth-order valence-corrected chi connectivity index (χ4v) is 2.27. The first-order valence-corrected chi connectivity index (χ1v) is 5.41. The third kappa shape index (κ3) is 2.40. The predicted molar refractivity (Wildman–Crippen MR) is 58.2 cm³/mol. The van der Waals surface area contributed by atoms with Crippen molar-refractivity contribution in [2.75, 3.05) is 6.54 Å². The molecule has 1 rings (SSSR count). The Labute approximate surface area is 86.9 Å². The summed E-state index contributed by atoms with van der Waals surface area (Å²) in [4.78, 5) is 13.8. The van der Waals surface area contributed by atoms with Gasteiger partial charge < -0.3 is 10.2 Å². The largest absolute Gasteiger partial charge is 0.336 e. The van der Waals surface area contributed by atoms with E-state index in [0.717, 1.165) is 13.0 Å². The molecule has 0 bridgehead atoms. The number of nitrogens with one attached hydrogen (secondary N) is 1. The van der Waals surface area contributed by atoms with E-state index in [2.05, 4.69) is 26.1 Å². The van der Waals surface area contributed by atoms with Crippen LogP contribution in [0.15, 0.2) is 0 Å². The van der Waals surface area contributed by atoms with Crippen molar-refractivity contribution >= 4 is 6.03 Å². The molecular weight excluding hydrogens is 176 g/mol. The molecule has 0 saturated carbocycles. The lowest BCUT2D eigenvalue weighted by molar-refractivity contribution is 0.163. The van der Waals surface area contributed by atoms with Crippen molar-refractivity contribution in [2.45, 2.75) is 52.6 Å². The minimum Gasteiger partial charge on any atom is -0.336 e. The lowest BCUT2D eigenvalue weighted by Gasteiger charge is -2.32. The Hall–Kier alpha value is -0.730. The average molecular weight is 198 g/mol. The Morgan fingerprint density at radius 1 is 1.50 bits per heavy atom. The van der Waals surface area contributed by atoms with E-state index < -0.39 is 0 Å². The molecule has 3 heteroatoms. The van der Waals surface area contributed by atoms with Gasteiger partial charge in [-0.1, -0.05) is 6.92 Å². The van der Waals surface area contributed by atoms with Gasteiger partial charge in [-0.3, -0.25) is 0 Å². The van der Waals surface area contributed by atoms with Gasteiger partial charge in [0.25, 0.3) is 0 Å². The molecule has 0 aliphatic carbocycles. The van der Waals surface area contributed by atoms with Crippen LogP contribution >= 0.6 is 0 Å². The van der Waals surface area contributed by atoms with E-state index >= 15 is 0 Å². The van der Waals surface area contributed by atoms with Gasteiger partial charge in [-0.25, -0.2) is 4.79 Å². The van der Waals surface area contributed by atoms with E-state index in [1.807, 2.05) is 18.7 Å². The first kappa shape index (κ1) is 11.3. The molecule has 1 atom stereocenters. The fraction of sp³-hybridized carbons (Fsp3) is 0.909. The fourth-order valence-electron chi connectivity index (χ4n) is 2.27. The summed E-state index contributed by atoms with van der Waals surface area (Å²) in [6, 6.07) is 0.295. The summed E-state index contributed by atoms with van der Waals surface area (Å²) in [6.45, 7) is 11.3. The van der Waals surface area contributed by atoms with E-state index in [1.54, 1.807) is 0 Å². The standard InChI is InChI=1S/C11H22N2O/c1-8(2)12-10(14)13-7-9(3)6-11(13,4)5/h8-9H,6-7H2,1-5H3,(H,12,14). The maximum atomic E-state index is 11.8. The topological polar surface area (TPSA) is 32.3 Å². The second-order valence-corrected chi connectivity index (χ2v) is 5.34. The van der Waals surface area contributed by atoms with Crippen LogP contribution in [-0.2, 0) is 0 Å². The molecule has 0 aromatic carbocycles. The summed E-state index contributed by atoms with van der Waals surface area (Å²) in [5.74, 6) is 0.614. The van der Waals surface area contributed by atoms with Crippen molar-refractivity contribution in [3.63, 3.8) is 0 Å². The molecule has 1 aliphatic rings. The second-order valence-electron chi connectivity index (χ2n) is 5.34. The van der Waals surface area contributed by atoms with E-state index in [9.17, 15) is 4.79 Å². The third-order valence-electron chi connectivity index (χ3n) is 2.73. The molecule has 0 radical (unpaired) electrons. The van der Waals surface area contributed by atoms with E-state index in [0.29, 0.717) is 5.92 Å². The van der Waals surface area contributed by atoms with Gasteiger partial charge in [-0.05, 0) is 40.0 Å². The Balaban J connectivity index is 2.63. The molecular formula is C11H22N2O. The number of rotatable bonds is 1. The molecule has 2 amide bonds. The molecule has 0 aromatic heterocycles. The van der Waals surface area contributed by atoms with Gasteiger partial charge in [0, 0.05) is 18.1 Å². The maximum absolute atomic E-state index is 11.8. The van der Waals surface area contributed by atoms with E-state index in [4.69, 9.17) is 0 Å². The van der Waals surface area contributed by atoms with Gasteiger partial charge in [-0.15, -0.1) is 0 Å². The van der Waals surface area contributed by atoms with Crippen LogP contribution in [0.3, 0.4) is 0 Å². The van der Waals surface area contributed by atoms with Gasteiger partial charge >= 0.3 is 6.03 Å². The van der Waals surface area contributed by atoms with Crippen molar-refractivity contribution in [1.29, 1.82) is 0 Å². The molecule has 0 aromatic rings. The second kappa shape index (κ2) is 3.79. The van der Waals surface area contributed by atoms with Crippen molar-refractivity contribution in [3.8, 4) is 0 Å². The predicted octanol–water partition coefficient (Wildman–Crippen LogP) is 2.22. The molecule has 1 saturated heterocycles. The van der Waals surface area contributed by atoms with Crippen LogP contribution < -0.4 is 5.32 Å². The van der Waals surface area contributed by atoms with E-state index in [1.165, 1.54) is 0 Å². The number of urea groups is 1. The lowest BCUT2D eigenvalue weighted by atomic mass is 9.98. The first-order valence-electron chi connectivity index (χ1n) is 5.41. The molecule has 14 heavy (non-hydrogen) atoms. The minimum atomic E-state index is 0.0123. The summed E-state index contributed by atoms with van der Waals surface area (Å²) >= 11 is 0. The Morgan fingerprint density at radius 2 is 2.07 bits per heavy atom. The SMILES string of the molecule is CC1CN(C(=O)NC(C)C)C(C)(C)C1. The van der Waals surface area contributed by atoms with Crippen molar-refractivity contribution in [3.05, 3.63) is 0 Å². The number of likely N-dealkylation sites (tertiary alicyclic amines) is 1. The number of amides is 2. The lowest BCUT2D eigenvalue weighted by Crippen LogP contribution is -2.49. The van der Waals surface area contributed by atoms with Crippen LogP contribution in [0, 0.1) is 5.92 Å². The number of hydrogen-bond donors (Lipinski definition) is 1. The van der Waals surface area contributed by atoms with Crippen LogP contribution in [0.25, 0.3) is 0 Å².